The minimum absolute atomic E-state index is 0.0301. The molecule has 0 bridgehead atoms. The van der Waals surface area contributed by atoms with Gasteiger partial charge in [0.1, 0.15) is 5.82 Å². The Balaban J connectivity index is 2.32. The minimum atomic E-state index is -3.15. The highest BCUT2D eigenvalue weighted by atomic mass is 32.2. The fourth-order valence-electron chi connectivity index (χ4n) is 2.44. The Kier molecular flexibility index (Phi) is 4.33. The second-order valence-electron chi connectivity index (χ2n) is 5.18. The molecule has 112 valence electrons. The molecular formula is C15H16FNO3S. The van der Waals surface area contributed by atoms with Crippen molar-refractivity contribution in [1.82, 2.24) is 4.90 Å². The van der Waals surface area contributed by atoms with Crippen molar-refractivity contribution in [3.8, 4) is 12.3 Å². The molecule has 1 amide bonds. The fourth-order valence-corrected chi connectivity index (χ4v) is 4.17. The van der Waals surface area contributed by atoms with Gasteiger partial charge in [0.2, 0.25) is 0 Å². The Morgan fingerprint density at radius 1 is 1.52 bits per heavy atom. The van der Waals surface area contributed by atoms with Gasteiger partial charge >= 0.3 is 0 Å². The summed E-state index contributed by atoms with van der Waals surface area (Å²) < 4.78 is 37.0. The first-order valence-electron chi connectivity index (χ1n) is 6.55. The van der Waals surface area contributed by atoms with Crippen molar-refractivity contribution in [3.05, 3.63) is 35.1 Å². The van der Waals surface area contributed by atoms with Crippen LogP contribution in [0.1, 0.15) is 22.3 Å². The molecule has 21 heavy (non-hydrogen) atoms. The third kappa shape index (κ3) is 3.42. The van der Waals surface area contributed by atoms with Crippen LogP contribution in [0.15, 0.2) is 18.2 Å². The van der Waals surface area contributed by atoms with Gasteiger partial charge in [-0.2, -0.15) is 0 Å². The number of amides is 1. The van der Waals surface area contributed by atoms with Crippen molar-refractivity contribution in [2.75, 3.05) is 18.1 Å². The van der Waals surface area contributed by atoms with E-state index in [1.165, 1.54) is 17.0 Å². The second-order valence-corrected chi connectivity index (χ2v) is 7.41. The molecule has 1 atom stereocenters. The van der Waals surface area contributed by atoms with E-state index in [1.807, 2.05) is 0 Å². The topological polar surface area (TPSA) is 54.5 Å². The van der Waals surface area contributed by atoms with E-state index in [-0.39, 0.29) is 23.6 Å². The maximum Gasteiger partial charge on any atom is 0.257 e. The Morgan fingerprint density at radius 3 is 2.81 bits per heavy atom. The monoisotopic (exact) mass is 309 g/mol. The van der Waals surface area contributed by atoms with Crippen molar-refractivity contribution in [2.24, 2.45) is 0 Å². The van der Waals surface area contributed by atoms with E-state index in [2.05, 4.69) is 5.92 Å². The molecule has 1 unspecified atom stereocenters. The lowest BCUT2D eigenvalue weighted by atomic mass is 10.1. The van der Waals surface area contributed by atoms with Gasteiger partial charge in [0.15, 0.2) is 9.84 Å². The van der Waals surface area contributed by atoms with Crippen LogP contribution in [0.5, 0.6) is 0 Å². The van der Waals surface area contributed by atoms with E-state index in [1.54, 1.807) is 13.0 Å². The Hall–Kier alpha value is -1.87. The van der Waals surface area contributed by atoms with Crippen LogP contribution in [0.2, 0.25) is 0 Å². The smallest absolute Gasteiger partial charge is 0.257 e. The largest absolute Gasteiger partial charge is 0.323 e. The van der Waals surface area contributed by atoms with Crippen LogP contribution in [-0.2, 0) is 9.84 Å². The molecule has 1 saturated heterocycles. The van der Waals surface area contributed by atoms with E-state index >= 15 is 0 Å². The number of rotatable bonds is 3. The number of benzene rings is 1. The van der Waals surface area contributed by atoms with Gasteiger partial charge in [0.05, 0.1) is 23.6 Å². The molecule has 2 rings (SSSR count). The van der Waals surface area contributed by atoms with E-state index in [9.17, 15) is 17.6 Å². The lowest BCUT2D eigenvalue weighted by Crippen LogP contribution is -2.41. The zero-order valence-corrected chi connectivity index (χ0v) is 12.5. The molecule has 0 spiro atoms. The summed E-state index contributed by atoms with van der Waals surface area (Å²) in [6, 6.07) is 3.75. The fraction of sp³-hybridized carbons (Fsp3) is 0.400. The number of aryl methyl sites for hydroxylation is 1. The lowest BCUT2D eigenvalue weighted by molar-refractivity contribution is 0.0719. The van der Waals surface area contributed by atoms with Gasteiger partial charge < -0.3 is 4.90 Å². The standard InChI is InChI=1S/C15H16FNO3S/c1-3-7-17(12-6-8-21(19,20)10-12)15(18)13-9-11(2)4-5-14(13)16/h1,4-5,9,12H,6-8,10H2,2H3. The molecule has 0 saturated carbocycles. The van der Waals surface area contributed by atoms with E-state index in [0.29, 0.717) is 6.42 Å². The van der Waals surface area contributed by atoms with E-state index < -0.39 is 27.6 Å². The van der Waals surface area contributed by atoms with Gasteiger partial charge in [-0.15, -0.1) is 6.42 Å². The summed E-state index contributed by atoms with van der Waals surface area (Å²) in [5.74, 6) is 1.07. The van der Waals surface area contributed by atoms with Gasteiger partial charge in [-0.05, 0) is 25.5 Å². The molecule has 6 heteroatoms. The highest BCUT2D eigenvalue weighted by Crippen LogP contribution is 2.21. The summed E-state index contributed by atoms with van der Waals surface area (Å²) in [5, 5.41) is 0. The van der Waals surface area contributed by atoms with Gasteiger partial charge in [-0.3, -0.25) is 4.79 Å². The highest BCUT2D eigenvalue weighted by molar-refractivity contribution is 7.91. The normalized spacial score (nSPS) is 20.0. The molecule has 0 aliphatic carbocycles. The predicted octanol–water partition coefficient (Wildman–Crippen LogP) is 1.40. The summed E-state index contributed by atoms with van der Waals surface area (Å²) >= 11 is 0. The van der Waals surface area contributed by atoms with Crippen LogP contribution in [0.4, 0.5) is 4.39 Å². The maximum atomic E-state index is 13.8. The van der Waals surface area contributed by atoms with Crippen molar-refractivity contribution in [1.29, 1.82) is 0 Å². The molecule has 1 aliphatic rings. The van der Waals surface area contributed by atoms with Gasteiger partial charge in [0.25, 0.3) is 5.91 Å². The molecule has 1 fully saturated rings. The van der Waals surface area contributed by atoms with Gasteiger partial charge in [0, 0.05) is 6.04 Å². The number of carbonyl (C=O) groups is 1. The molecular weight excluding hydrogens is 293 g/mol. The number of nitrogens with zero attached hydrogens (tertiary/aromatic N) is 1. The summed E-state index contributed by atoms with van der Waals surface area (Å²) in [4.78, 5) is 13.8. The van der Waals surface area contributed by atoms with E-state index in [4.69, 9.17) is 6.42 Å². The molecule has 1 heterocycles. The van der Waals surface area contributed by atoms with Crippen LogP contribution in [-0.4, -0.2) is 43.3 Å². The molecule has 1 aromatic carbocycles. The molecule has 0 N–H and O–H groups in total. The number of sulfone groups is 1. The Morgan fingerprint density at radius 2 is 2.24 bits per heavy atom. The van der Waals surface area contributed by atoms with E-state index in [0.717, 1.165) is 5.56 Å². The number of carbonyl (C=O) groups excluding carboxylic acids is 1. The number of hydrogen-bond acceptors (Lipinski definition) is 3. The third-order valence-electron chi connectivity index (χ3n) is 3.52. The number of terminal acetylenes is 1. The molecule has 1 aliphatic heterocycles. The zero-order valence-electron chi connectivity index (χ0n) is 11.7. The Labute approximate surface area is 123 Å². The van der Waals surface area contributed by atoms with Crippen molar-refractivity contribution in [3.63, 3.8) is 0 Å². The second kappa shape index (κ2) is 5.86. The first kappa shape index (κ1) is 15.5. The number of halogens is 1. The first-order chi connectivity index (χ1) is 9.84. The van der Waals surface area contributed by atoms with Crippen LogP contribution in [0.3, 0.4) is 0 Å². The molecule has 1 aromatic rings. The zero-order chi connectivity index (χ0) is 15.6. The molecule has 0 radical (unpaired) electrons. The van der Waals surface area contributed by atoms with Crippen molar-refractivity contribution in [2.45, 2.75) is 19.4 Å². The Bertz CT molecular complexity index is 706. The summed E-state index contributed by atoms with van der Waals surface area (Å²) in [6.45, 7) is 1.72. The lowest BCUT2D eigenvalue weighted by Gasteiger charge is -2.26. The number of hydrogen-bond donors (Lipinski definition) is 0. The average molecular weight is 309 g/mol. The summed E-state index contributed by atoms with van der Waals surface area (Å²) in [5.41, 5.74) is 0.675. The average Bonchev–Trinajstić information content (AvgIpc) is 2.78. The summed E-state index contributed by atoms with van der Waals surface area (Å²) in [7, 11) is -3.15. The SMILES string of the molecule is C#CCN(C(=O)c1cc(C)ccc1F)C1CCS(=O)(=O)C1. The highest BCUT2D eigenvalue weighted by Gasteiger charge is 2.35. The minimum Gasteiger partial charge on any atom is -0.323 e. The van der Waals surface area contributed by atoms with Crippen molar-refractivity contribution >= 4 is 15.7 Å². The first-order valence-corrected chi connectivity index (χ1v) is 8.37. The van der Waals surface area contributed by atoms with Crippen molar-refractivity contribution < 1.29 is 17.6 Å². The summed E-state index contributed by atoms with van der Waals surface area (Å²) in [6.07, 6.45) is 5.60. The van der Waals surface area contributed by atoms with Crippen LogP contribution < -0.4 is 0 Å². The predicted molar refractivity (Wildman–Crippen MR) is 78.1 cm³/mol. The quantitative estimate of drug-likeness (QED) is 0.793. The van der Waals surface area contributed by atoms with Crippen LogP contribution in [0.25, 0.3) is 0 Å². The third-order valence-corrected chi connectivity index (χ3v) is 5.27. The maximum absolute atomic E-state index is 13.8. The van der Waals surface area contributed by atoms with Gasteiger partial charge in [-0.25, -0.2) is 12.8 Å². The van der Waals surface area contributed by atoms with Crippen LogP contribution >= 0.6 is 0 Å². The van der Waals surface area contributed by atoms with Gasteiger partial charge in [-0.1, -0.05) is 17.6 Å². The molecule has 0 aromatic heterocycles. The molecule has 4 nitrogen and oxygen atoms in total. The van der Waals surface area contributed by atoms with Crippen LogP contribution in [0, 0.1) is 25.1 Å².